The van der Waals surface area contributed by atoms with E-state index in [4.69, 9.17) is 10.5 Å². The number of benzene rings is 1. The lowest BCUT2D eigenvalue weighted by atomic mass is 10.2. The Balaban J connectivity index is 1.95. The molecule has 0 amide bonds. The third-order valence-electron chi connectivity index (χ3n) is 2.60. The summed E-state index contributed by atoms with van der Waals surface area (Å²) in [6.07, 6.45) is 4.45. The summed E-state index contributed by atoms with van der Waals surface area (Å²) in [6.45, 7) is 2.61. The van der Waals surface area contributed by atoms with Gasteiger partial charge in [-0.05, 0) is 30.2 Å². The van der Waals surface area contributed by atoms with Gasteiger partial charge in [-0.1, -0.05) is 18.2 Å². The molecule has 0 saturated heterocycles. The van der Waals surface area contributed by atoms with E-state index in [9.17, 15) is 0 Å². The molecule has 3 heteroatoms. The van der Waals surface area contributed by atoms with Crippen LogP contribution in [0.25, 0.3) is 0 Å². The highest BCUT2D eigenvalue weighted by Gasteiger charge is 2.03. The molecule has 0 atom stereocenters. The zero-order valence-electron chi connectivity index (χ0n) is 9.89. The van der Waals surface area contributed by atoms with Gasteiger partial charge < -0.3 is 10.5 Å². The molecule has 0 bridgehead atoms. The van der Waals surface area contributed by atoms with Crippen LogP contribution in [-0.2, 0) is 6.42 Å². The highest BCUT2D eigenvalue weighted by molar-refractivity contribution is 5.56. The third kappa shape index (κ3) is 2.97. The Labute approximate surface area is 101 Å². The SMILES string of the molecule is Cc1cccc(N)c1OCCc1cccnc1. The van der Waals surface area contributed by atoms with E-state index < -0.39 is 0 Å². The highest BCUT2D eigenvalue weighted by Crippen LogP contribution is 2.25. The van der Waals surface area contributed by atoms with Gasteiger partial charge in [-0.2, -0.15) is 0 Å². The van der Waals surface area contributed by atoms with Crippen LogP contribution >= 0.6 is 0 Å². The maximum Gasteiger partial charge on any atom is 0.145 e. The van der Waals surface area contributed by atoms with Crippen LogP contribution in [0.3, 0.4) is 0 Å². The van der Waals surface area contributed by atoms with E-state index in [2.05, 4.69) is 4.98 Å². The van der Waals surface area contributed by atoms with E-state index in [0.29, 0.717) is 12.3 Å². The molecular formula is C14H16N2O. The lowest BCUT2D eigenvalue weighted by molar-refractivity contribution is 0.321. The number of aryl methyl sites for hydroxylation is 1. The van der Waals surface area contributed by atoms with Gasteiger partial charge in [0, 0.05) is 18.8 Å². The Hall–Kier alpha value is -2.03. The van der Waals surface area contributed by atoms with Gasteiger partial charge in [0.15, 0.2) is 0 Å². The minimum Gasteiger partial charge on any atom is -0.491 e. The number of pyridine rings is 1. The summed E-state index contributed by atoms with van der Waals surface area (Å²) in [7, 11) is 0. The molecule has 2 rings (SSSR count). The second-order valence-electron chi connectivity index (χ2n) is 3.95. The molecule has 1 aromatic carbocycles. The summed E-state index contributed by atoms with van der Waals surface area (Å²) in [5.74, 6) is 0.788. The van der Waals surface area contributed by atoms with E-state index in [-0.39, 0.29) is 0 Å². The van der Waals surface area contributed by atoms with Crippen LogP contribution in [0.2, 0.25) is 0 Å². The van der Waals surface area contributed by atoms with Crippen LogP contribution in [-0.4, -0.2) is 11.6 Å². The summed E-state index contributed by atoms with van der Waals surface area (Å²) in [5, 5.41) is 0. The molecule has 0 fully saturated rings. The van der Waals surface area contributed by atoms with Crippen molar-refractivity contribution >= 4 is 5.69 Å². The average molecular weight is 228 g/mol. The summed E-state index contributed by atoms with van der Waals surface area (Å²) in [5.41, 5.74) is 8.79. The summed E-state index contributed by atoms with van der Waals surface area (Å²) < 4.78 is 5.72. The van der Waals surface area contributed by atoms with Gasteiger partial charge in [0.1, 0.15) is 5.75 Å². The van der Waals surface area contributed by atoms with Gasteiger partial charge >= 0.3 is 0 Å². The Morgan fingerprint density at radius 3 is 2.82 bits per heavy atom. The lowest BCUT2D eigenvalue weighted by Gasteiger charge is -2.11. The molecule has 2 N–H and O–H groups in total. The molecule has 3 nitrogen and oxygen atoms in total. The zero-order valence-corrected chi connectivity index (χ0v) is 9.89. The maximum absolute atomic E-state index is 5.86. The van der Waals surface area contributed by atoms with Crippen molar-refractivity contribution in [1.82, 2.24) is 4.98 Å². The molecule has 0 radical (unpaired) electrons. The molecule has 0 unspecified atom stereocenters. The van der Waals surface area contributed by atoms with Gasteiger partial charge in [-0.25, -0.2) is 0 Å². The van der Waals surface area contributed by atoms with Crippen molar-refractivity contribution in [2.24, 2.45) is 0 Å². The van der Waals surface area contributed by atoms with E-state index in [1.807, 2.05) is 43.5 Å². The van der Waals surface area contributed by atoms with Gasteiger partial charge in [-0.3, -0.25) is 4.98 Å². The van der Waals surface area contributed by atoms with E-state index >= 15 is 0 Å². The fourth-order valence-corrected chi connectivity index (χ4v) is 1.69. The summed E-state index contributed by atoms with van der Waals surface area (Å²) >= 11 is 0. The minimum atomic E-state index is 0.612. The molecule has 1 aromatic heterocycles. The van der Waals surface area contributed by atoms with Crippen LogP contribution in [0.15, 0.2) is 42.7 Å². The molecule has 2 aromatic rings. The first kappa shape index (κ1) is 11.5. The third-order valence-corrected chi connectivity index (χ3v) is 2.60. The van der Waals surface area contributed by atoms with Crippen molar-refractivity contribution < 1.29 is 4.74 Å². The van der Waals surface area contributed by atoms with Gasteiger partial charge in [0.2, 0.25) is 0 Å². The standard InChI is InChI=1S/C14H16N2O/c1-11-4-2-6-13(15)14(11)17-9-7-12-5-3-8-16-10-12/h2-6,8,10H,7,9,15H2,1H3. The van der Waals surface area contributed by atoms with Crippen molar-refractivity contribution in [3.8, 4) is 5.75 Å². The predicted octanol–water partition coefficient (Wildman–Crippen LogP) is 2.59. The predicted molar refractivity (Wildman–Crippen MR) is 69.0 cm³/mol. The minimum absolute atomic E-state index is 0.612. The number of aromatic nitrogens is 1. The van der Waals surface area contributed by atoms with Crippen LogP contribution in [0.5, 0.6) is 5.75 Å². The largest absolute Gasteiger partial charge is 0.491 e. The number of nitrogens with two attached hydrogens (primary N) is 1. The first-order chi connectivity index (χ1) is 8.27. The number of nitrogens with zero attached hydrogens (tertiary/aromatic N) is 1. The maximum atomic E-state index is 5.86. The summed E-state index contributed by atoms with van der Waals surface area (Å²) in [6, 6.07) is 9.75. The van der Waals surface area contributed by atoms with Crippen molar-refractivity contribution in [3.63, 3.8) is 0 Å². The molecule has 0 spiro atoms. The lowest BCUT2D eigenvalue weighted by Crippen LogP contribution is -2.04. The molecule has 88 valence electrons. The molecule has 0 aliphatic rings. The van der Waals surface area contributed by atoms with E-state index in [1.54, 1.807) is 6.20 Å². The molecule has 17 heavy (non-hydrogen) atoms. The van der Waals surface area contributed by atoms with E-state index in [1.165, 1.54) is 5.56 Å². The van der Waals surface area contributed by atoms with Crippen molar-refractivity contribution in [3.05, 3.63) is 53.9 Å². The Kier molecular flexibility index (Phi) is 3.60. The number of anilines is 1. The fourth-order valence-electron chi connectivity index (χ4n) is 1.69. The van der Waals surface area contributed by atoms with Gasteiger partial charge in [-0.15, -0.1) is 0 Å². The molecule has 0 aliphatic carbocycles. The number of nitrogen functional groups attached to an aromatic ring is 1. The van der Waals surface area contributed by atoms with E-state index in [0.717, 1.165) is 17.7 Å². The fraction of sp³-hybridized carbons (Fsp3) is 0.214. The van der Waals surface area contributed by atoms with Crippen molar-refractivity contribution in [1.29, 1.82) is 0 Å². The number of ether oxygens (including phenoxy) is 1. The first-order valence-corrected chi connectivity index (χ1v) is 5.64. The van der Waals surface area contributed by atoms with Gasteiger partial charge in [0.25, 0.3) is 0 Å². The van der Waals surface area contributed by atoms with Crippen LogP contribution in [0, 0.1) is 6.92 Å². The van der Waals surface area contributed by atoms with Gasteiger partial charge in [0.05, 0.1) is 12.3 Å². The number of rotatable bonds is 4. The van der Waals surface area contributed by atoms with Crippen LogP contribution < -0.4 is 10.5 Å². The Bertz CT molecular complexity index is 463. The number of para-hydroxylation sites is 1. The molecular weight excluding hydrogens is 212 g/mol. The number of hydrogen-bond acceptors (Lipinski definition) is 3. The molecule has 1 heterocycles. The monoisotopic (exact) mass is 228 g/mol. The summed E-state index contributed by atoms with van der Waals surface area (Å²) in [4.78, 5) is 4.07. The zero-order chi connectivity index (χ0) is 12.1. The van der Waals surface area contributed by atoms with Crippen LogP contribution in [0.1, 0.15) is 11.1 Å². The molecule has 0 aliphatic heterocycles. The normalized spacial score (nSPS) is 10.2. The smallest absolute Gasteiger partial charge is 0.145 e. The first-order valence-electron chi connectivity index (χ1n) is 5.64. The average Bonchev–Trinajstić information content (AvgIpc) is 2.34. The Morgan fingerprint density at radius 2 is 2.12 bits per heavy atom. The number of hydrogen-bond donors (Lipinski definition) is 1. The highest BCUT2D eigenvalue weighted by atomic mass is 16.5. The second kappa shape index (κ2) is 5.34. The Morgan fingerprint density at radius 1 is 1.24 bits per heavy atom. The quantitative estimate of drug-likeness (QED) is 0.818. The molecule has 0 saturated carbocycles. The van der Waals surface area contributed by atoms with Crippen LogP contribution in [0.4, 0.5) is 5.69 Å². The van der Waals surface area contributed by atoms with Crippen molar-refractivity contribution in [2.45, 2.75) is 13.3 Å². The second-order valence-corrected chi connectivity index (χ2v) is 3.95. The van der Waals surface area contributed by atoms with Crippen molar-refractivity contribution in [2.75, 3.05) is 12.3 Å². The topological polar surface area (TPSA) is 48.1 Å².